The number of nitrogens with one attached hydrogen (secondary N) is 1. The van der Waals surface area contributed by atoms with E-state index in [4.69, 9.17) is 0 Å². The highest BCUT2D eigenvalue weighted by molar-refractivity contribution is 6.00. The van der Waals surface area contributed by atoms with E-state index in [1.165, 1.54) is 30.3 Å². The van der Waals surface area contributed by atoms with Crippen molar-refractivity contribution in [3.05, 3.63) is 52.8 Å². The van der Waals surface area contributed by atoms with Crippen LogP contribution in [0.25, 0.3) is 0 Å². The van der Waals surface area contributed by atoms with Crippen molar-refractivity contribution in [2.24, 2.45) is 5.41 Å². The summed E-state index contributed by atoms with van der Waals surface area (Å²) >= 11 is 0. The number of pyridine rings is 1. The van der Waals surface area contributed by atoms with Gasteiger partial charge in [0.05, 0.1) is 5.41 Å². The summed E-state index contributed by atoms with van der Waals surface area (Å²) in [6.07, 6.45) is -2.72. The lowest BCUT2D eigenvalue weighted by molar-refractivity contribution is -0.274. The summed E-state index contributed by atoms with van der Waals surface area (Å²) in [5, 5.41) is 0. The minimum Gasteiger partial charge on any atom is -0.406 e. The Kier molecular flexibility index (Phi) is 4.76. The van der Waals surface area contributed by atoms with Crippen LogP contribution in [0.4, 0.5) is 24.7 Å². The Bertz CT molecular complexity index is 948. The van der Waals surface area contributed by atoms with Crippen molar-refractivity contribution in [2.75, 3.05) is 29.4 Å². The second-order valence-corrected chi connectivity index (χ2v) is 7.42. The molecule has 0 radical (unpaired) electrons. The van der Waals surface area contributed by atoms with Gasteiger partial charge in [-0.3, -0.25) is 9.59 Å². The van der Waals surface area contributed by atoms with Gasteiger partial charge in [0.2, 0.25) is 11.5 Å². The van der Waals surface area contributed by atoms with Crippen molar-refractivity contribution in [2.45, 2.75) is 25.6 Å². The number of amides is 1. The van der Waals surface area contributed by atoms with Crippen LogP contribution in [0, 0.1) is 5.41 Å². The SMILES string of the molecule is O=C1N(c2ccc(OC(F)(F)F)cc2)CCC12CCN(c1cccc(=O)[nH]1)CC2. The fourth-order valence-corrected chi connectivity index (χ4v) is 4.15. The molecule has 1 amide bonds. The number of benzene rings is 1. The number of alkyl halides is 3. The van der Waals surface area contributed by atoms with Gasteiger partial charge in [-0.05, 0) is 49.6 Å². The number of halogens is 3. The van der Waals surface area contributed by atoms with Gasteiger partial charge >= 0.3 is 6.36 Å². The van der Waals surface area contributed by atoms with Gasteiger partial charge in [0.15, 0.2) is 0 Å². The average Bonchev–Trinajstić information content (AvgIpc) is 2.98. The van der Waals surface area contributed by atoms with Crippen molar-refractivity contribution in [3.63, 3.8) is 0 Å². The average molecular weight is 407 g/mol. The summed E-state index contributed by atoms with van der Waals surface area (Å²) in [5.41, 5.74) is -0.0627. The summed E-state index contributed by atoms with van der Waals surface area (Å²) in [6.45, 7) is 1.83. The third-order valence-electron chi connectivity index (χ3n) is 5.71. The molecule has 29 heavy (non-hydrogen) atoms. The second kappa shape index (κ2) is 7.13. The first-order valence-electron chi connectivity index (χ1n) is 9.38. The number of aromatic amines is 1. The van der Waals surface area contributed by atoms with Crippen LogP contribution in [0.15, 0.2) is 47.3 Å². The van der Waals surface area contributed by atoms with Gasteiger partial charge in [-0.15, -0.1) is 13.2 Å². The molecule has 0 saturated carbocycles. The largest absolute Gasteiger partial charge is 0.573 e. The Morgan fingerprint density at radius 3 is 2.21 bits per heavy atom. The molecule has 6 nitrogen and oxygen atoms in total. The third-order valence-corrected chi connectivity index (χ3v) is 5.71. The summed E-state index contributed by atoms with van der Waals surface area (Å²) in [5.74, 6) is 0.436. The molecular weight excluding hydrogens is 387 g/mol. The molecule has 1 aromatic heterocycles. The van der Waals surface area contributed by atoms with E-state index in [2.05, 4.69) is 14.6 Å². The van der Waals surface area contributed by atoms with Gasteiger partial charge in [-0.2, -0.15) is 0 Å². The van der Waals surface area contributed by atoms with E-state index in [0.717, 1.165) is 5.82 Å². The van der Waals surface area contributed by atoms with Gasteiger partial charge in [0, 0.05) is 31.4 Å². The molecule has 2 aromatic rings. The summed E-state index contributed by atoms with van der Waals surface area (Å²) in [6, 6.07) is 10.4. The molecule has 0 atom stereocenters. The number of aromatic nitrogens is 1. The van der Waals surface area contributed by atoms with Crippen LogP contribution < -0.4 is 20.1 Å². The lowest BCUT2D eigenvalue weighted by Gasteiger charge is -2.38. The summed E-state index contributed by atoms with van der Waals surface area (Å²) < 4.78 is 40.8. The Labute approximate surface area is 164 Å². The van der Waals surface area contributed by atoms with Crippen LogP contribution in [0.3, 0.4) is 0 Å². The molecule has 4 rings (SSSR count). The van der Waals surface area contributed by atoms with Crippen LogP contribution in [-0.4, -0.2) is 36.9 Å². The zero-order valence-electron chi connectivity index (χ0n) is 15.5. The van der Waals surface area contributed by atoms with Crippen LogP contribution in [-0.2, 0) is 4.79 Å². The van der Waals surface area contributed by atoms with Gasteiger partial charge in [0.25, 0.3) is 0 Å². The van der Waals surface area contributed by atoms with Crippen LogP contribution in [0.5, 0.6) is 5.75 Å². The molecule has 154 valence electrons. The van der Waals surface area contributed by atoms with Crippen molar-refractivity contribution >= 4 is 17.4 Å². The quantitative estimate of drug-likeness (QED) is 0.848. The third kappa shape index (κ3) is 3.94. The number of nitrogens with zero attached hydrogens (tertiary/aromatic N) is 2. The number of rotatable bonds is 3. The lowest BCUT2D eigenvalue weighted by atomic mass is 9.77. The predicted octanol–water partition coefficient (Wildman–Crippen LogP) is 3.30. The fraction of sp³-hybridized carbons (Fsp3) is 0.400. The molecule has 2 aliphatic heterocycles. The normalized spacial score (nSPS) is 19.1. The standard InChI is InChI=1S/C20H20F3N3O3/c21-20(22,23)29-15-6-4-14(5-7-15)26-13-10-19(18(26)28)8-11-25(12-9-19)16-2-1-3-17(27)24-16/h1-7H,8-13H2,(H,24,27). The van der Waals surface area contributed by atoms with Gasteiger partial charge in [-0.1, -0.05) is 6.07 Å². The zero-order valence-corrected chi connectivity index (χ0v) is 15.5. The lowest BCUT2D eigenvalue weighted by Crippen LogP contribution is -2.45. The minimum atomic E-state index is -4.74. The Morgan fingerprint density at radius 2 is 1.59 bits per heavy atom. The van der Waals surface area contributed by atoms with Gasteiger partial charge in [0.1, 0.15) is 11.6 Å². The Morgan fingerprint density at radius 1 is 0.931 bits per heavy atom. The molecule has 9 heteroatoms. The van der Waals surface area contributed by atoms with Gasteiger partial charge < -0.3 is 19.5 Å². The number of ether oxygens (including phenoxy) is 1. The van der Waals surface area contributed by atoms with E-state index in [-0.39, 0.29) is 17.2 Å². The van der Waals surface area contributed by atoms with Crippen LogP contribution in [0.2, 0.25) is 0 Å². The predicted molar refractivity (Wildman–Crippen MR) is 101 cm³/mol. The smallest absolute Gasteiger partial charge is 0.406 e. The molecule has 0 aliphatic carbocycles. The highest BCUT2D eigenvalue weighted by atomic mass is 19.4. The summed E-state index contributed by atoms with van der Waals surface area (Å²) in [7, 11) is 0. The van der Waals surface area contributed by atoms with E-state index in [9.17, 15) is 22.8 Å². The first kappa shape index (κ1) is 19.4. The molecule has 2 saturated heterocycles. The number of hydrogen-bond acceptors (Lipinski definition) is 4. The fourth-order valence-electron chi connectivity index (χ4n) is 4.15. The van der Waals surface area contributed by atoms with E-state index >= 15 is 0 Å². The molecule has 1 N–H and O–H groups in total. The van der Waals surface area contributed by atoms with Crippen LogP contribution >= 0.6 is 0 Å². The topological polar surface area (TPSA) is 65.6 Å². The van der Waals surface area contributed by atoms with Crippen LogP contribution in [0.1, 0.15) is 19.3 Å². The number of hydrogen-bond donors (Lipinski definition) is 1. The molecule has 0 bridgehead atoms. The first-order valence-corrected chi connectivity index (χ1v) is 9.38. The number of H-pyrrole nitrogens is 1. The van der Waals surface area contributed by atoms with Crippen molar-refractivity contribution in [1.29, 1.82) is 0 Å². The molecule has 2 fully saturated rings. The Hall–Kier alpha value is -2.97. The molecule has 0 unspecified atom stereocenters. The van der Waals surface area contributed by atoms with E-state index in [1.807, 2.05) is 6.07 Å². The number of piperidine rings is 1. The molecular formula is C20H20F3N3O3. The molecule has 3 heterocycles. The van der Waals surface area contributed by atoms with E-state index in [1.54, 1.807) is 11.0 Å². The first-order chi connectivity index (χ1) is 13.8. The Balaban J connectivity index is 1.43. The number of carbonyl (C=O) groups is 1. The number of carbonyl (C=O) groups excluding carboxylic acids is 1. The summed E-state index contributed by atoms with van der Waals surface area (Å²) in [4.78, 5) is 31.2. The van der Waals surface area contributed by atoms with Crippen molar-refractivity contribution in [3.8, 4) is 5.75 Å². The van der Waals surface area contributed by atoms with Crippen molar-refractivity contribution < 1.29 is 22.7 Å². The molecule has 1 spiro atoms. The number of anilines is 2. The highest BCUT2D eigenvalue weighted by Gasteiger charge is 2.48. The second-order valence-electron chi connectivity index (χ2n) is 7.42. The van der Waals surface area contributed by atoms with E-state index in [0.29, 0.717) is 44.6 Å². The minimum absolute atomic E-state index is 0.00296. The molecule has 2 aliphatic rings. The van der Waals surface area contributed by atoms with Gasteiger partial charge in [-0.25, -0.2) is 0 Å². The zero-order chi connectivity index (χ0) is 20.6. The molecule has 1 aromatic carbocycles. The maximum atomic E-state index is 13.1. The highest BCUT2D eigenvalue weighted by Crippen LogP contribution is 2.43. The monoisotopic (exact) mass is 407 g/mol. The van der Waals surface area contributed by atoms with Crippen molar-refractivity contribution in [1.82, 2.24) is 4.98 Å². The maximum absolute atomic E-state index is 13.1. The maximum Gasteiger partial charge on any atom is 0.573 e. The van der Waals surface area contributed by atoms with E-state index < -0.39 is 11.8 Å².